The Bertz CT molecular complexity index is 2150. The molecule has 0 unspecified atom stereocenters. The maximum atomic E-state index is 10.8. The molecule has 0 spiro atoms. The smallest absolute Gasteiger partial charge is 0.141 e. The van der Waals surface area contributed by atoms with Gasteiger partial charge in [0.15, 0.2) is 0 Å². The van der Waals surface area contributed by atoms with Crippen LogP contribution in [-0.2, 0) is 5.41 Å². The summed E-state index contributed by atoms with van der Waals surface area (Å²) in [6.45, 7) is 11.0. The summed E-state index contributed by atoms with van der Waals surface area (Å²) in [6, 6.07) is 35.2. The summed E-state index contributed by atoms with van der Waals surface area (Å²) in [7, 11) is 0. The lowest BCUT2D eigenvalue weighted by molar-refractivity contribution is 0.480. The van der Waals surface area contributed by atoms with E-state index in [1.807, 2.05) is 48.7 Å². The highest BCUT2D eigenvalue weighted by molar-refractivity contribution is 5.91. The minimum atomic E-state index is -0.268. The highest BCUT2D eigenvalue weighted by atomic mass is 16.3. The first-order valence-corrected chi connectivity index (χ1v) is 15.4. The van der Waals surface area contributed by atoms with Crippen LogP contribution in [0.3, 0.4) is 0 Å². The molecule has 0 fully saturated rings. The van der Waals surface area contributed by atoms with Gasteiger partial charge in [-0.3, -0.25) is 4.90 Å². The van der Waals surface area contributed by atoms with Crippen molar-refractivity contribution in [3.63, 3.8) is 0 Å². The van der Waals surface area contributed by atoms with Crippen molar-refractivity contribution in [2.45, 2.75) is 46.0 Å². The lowest BCUT2D eigenvalue weighted by Gasteiger charge is -2.42. The fourth-order valence-electron chi connectivity index (χ4n) is 6.45. The van der Waals surface area contributed by atoms with Crippen LogP contribution in [0.2, 0.25) is 0 Å². The molecule has 0 saturated heterocycles. The molecule has 0 radical (unpaired) electrons. The van der Waals surface area contributed by atoms with E-state index in [-0.39, 0.29) is 11.2 Å². The van der Waals surface area contributed by atoms with E-state index >= 15 is 0 Å². The largest absolute Gasteiger partial charge is 0.506 e. The Hall–Kier alpha value is -5.40. The molecular formula is C41H35N3O. The number of hydrogen-bond acceptors (Lipinski definition) is 4. The lowest BCUT2D eigenvalue weighted by atomic mass is 9.73. The molecule has 0 aliphatic carbocycles. The minimum Gasteiger partial charge on any atom is -0.506 e. The summed E-state index contributed by atoms with van der Waals surface area (Å²) in [4.78, 5) is 12.1. The van der Waals surface area contributed by atoms with Crippen molar-refractivity contribution in [2.75, 3.05) is 4.90 Å². The Labute approximate surface area is 265 Å². The fraction of sp³-hybridized carbons (Fsp3) is 0.171. The molecule has 3 heterocycles. The quantitative estimate of drug-likeness (QED) is 0.210. The summed E-state index contributed by atoms with van der Waals surface area (Å²) < 4.78 is 0. The van der Waals surface area contributed by atoms with Crippen LogP contribution in [0.1, 0.15) is 67.0 Å². The van der Waals surface area contributed by atoms with Crippen molar-refractivity contribution >= 4 is 28.1 Å². The lowest BCUT2D eigenvalue weighted by Crippen LogP contribution is -2.31. The SMILES string of the molecule is Cc1ccnc(N2c3cc(C#Cc4ccccc4)ccc3C(C)(C)c3ccc(-c4ccc5c(C(C)C)ccc(O)c5n4)cc32)c1. The number of aromatic nitrogens is 2. The number of fused-ring (bicyclic) bond motifs is 3. The first kappa shape index (κ1) is 28.4. The van der Waals surface area contributed by atoms with Gasteiger partial charge >= 0.3 is 0 Å². The van der Waals surface area contributed by atoms with E-state index in [9.17, 15) is 5.11 Å². The molecule has 0 amide bonds. The van der Waals surface area contributed by atoms with Crippen LogP contribution in [0.25, 0.3) is 22.2 Å². The Morgan fingerprint density at radius 1 is 0.756 bits per heavy atom. The molecule has 1 N–H and O–H groups in total. The van der Waals surface area contributed by atoms with Gasteiger partial charge in [-0.05, 0) is 89.7 Å². The zero-order valence-corrected chi connectivity index (χ0v) is 26.3. The van der Waals surface area contributed by atoms with Crippen molar-refractivity contribution < 1.29 is 5.11 Å². The van der Waals surface area contributed by atoms with Crippen LogP contribution in [0.5, 0.6) is 5.75 Å². The third-order valence-electron chi connectivity index (χ3n) is 8.87. The molecule has 0 bridgehead atoms. The van der Waals surface area contributed by atoms with Crippen LogP contribution in [0, 0.1) is 18.8 Å². The summed E-state index contributed by atoms with van der Waals surface area (Å²) >= 11 is 0. The van der Waals surface area contributed by atoms with Crippen LogP contribution in [-0.4, -0.2) is 15.1 Å². The van der Waals surface area contributed by atoms with Crippen molar-refractivity contribution in [1.29, 1.82) is 0 Å². The van der Waals surface area contributed by atoms with Gasteiger partial charge in [-0.2, -0.15) is 0 Å². The fourth-order valence-corrected chi connectivity index (χ4v) is 6.45. The topological polar surface area (TPSA) is 49.2 Å². The molecule has 1 aliphatic heterocycles. The highest BCUT2D eigenvalue weighted by Gasteiger charge is 2.37. The van der Waals surface area contributed by atoms with Crippen molar-refractivity contribution in [3.05, 3.63) is 143 Å². The third kappa shape index (κ3) is 5.01. The molecule has 4 aromatic carbocycles. The Morgan fingerprint density at radius 2 is 1.49 bits per heavy atom. The van der Waals surface area contributed by atoms with Gasteiger partial charge in [-0.15, -0.1) is 0 Å². The molecule has 4 nitrogen and oxygen atoms in total. The molecule has 4 heteroatoms. The molecule has 7 rings (SSSR count). The molecular weight excluding hydrogens is 550 g/mol. The van der Waals surface area contributed by atoms with Gasteiger partial charge in [0.2, 0.25) is 0 Å². The van der Waals surface area contributed by atoms with Crippen molar-refractivity contribution in [2.24, 2.45) is 0 Å². The predicted octanol–water partition coefficient (Wildman–Crippen LogP) is 9.94. The highest BCUT2D eigenvalue weighted by Crippen LogP contribution is 2.52. The first-order valence-electron chi connectivity index (χ1n) is 15.4. The number of nitrogens with zero attached hydrogens (tertiary/aromatic N) is 3. The predicted molar refractivity (Wildman–Crippen MR) is 185 cm³/mol. The summed E-state index contributed by atoms with van der Waals surface area (Å²) in [5.74, 6) is 8.07. The molecule has 0 atom stereocenters. The number of phenols is 1. The monoisotopic (exact) mass is 585 g/mol. The van der Waals surface area contributed by atoms with Crippen LogP contribution >= 0.6 is 0 Å². The Kier molecular flexibility index (Phi) is 6.90. The van der Waals surface area contributed by atoms with E-state index in [1.165, 1.54) is 16.7 Å². The second-order valence-electron chi connectivity index (χ2n) is 12.7. The molecule has 220 valence electrons. The van der Waals surface area contributed by atoms with Gasteiger partial charge in [-0.1, -0.05) is 88.1 Å². The van der Waals surface area contributed by atoms with Crippen molar-refractivity contribution in [1.82, 2.24) is 9.97 Å². The number of hydrogen-bond donors (Lipinski definition) is 1. The molecule has 0 saturated carbocycles. The number of aromatic hydroxyl groups is 1. The molecule has 2 aromatic heterocycles. The normalized spacial score (nSPS) is 13.2. The number of aryl methyl sites for hydroxylation is 1. The van der Waals surface area contributed by atoms with Gasteiger partial charge in [0.05, 0.1) is 17.1 Å². The standard InChI is InChI=1S/C41H35N3O/c1-26(2)31-16-20-38(45)40-32(31)15-19-35(43-40)30-14-18-34-37(25-30)44(39-23-27(3)21-22-42-39)36-24-29(13-17-33(36)41(34,4)5)12-11-28-9-7-6-8-10-28/h6-10,13-26,45H,1-5H3. The van der Waals surface area contributed by atoms with Gasteiger partial charge in [0.25, 0.3) is 0 Å². The molecule has 6 aromatic rings. The van der Waals surface area contributed by atoms with Gasteiger partial charge < -0.3 is 5.11 Å². The number of pyridine rings is 2. The van der Waals surface area contributed by atoms with E-state index in [0.717, 1.165) is 50.5 Å². The van der Waals surface area contributed by atoms with Gasteiger partial charge in [0.1, 0.15) is 17.1 Å². The van der Waals surface area contributed by atoms with Gasteiger partial charge in [-0.25, -0.2) is 9.97 Å². The second-order valence-corrected chi connectivity index (χ2v) is 12.7. The molecule has 45 heavy (non-hydrogen) atoms. The van der Waals surface area contributed by atoms with E-state index in [0.29, 0.717) is 11.4 Å². The van der Waals surface area contributed by atoms with Crippen molar-refractivity contribution in [3.8, 4) is 28.8 Å². The third-order valence-corrected chi connectivity index (χ3v) is 8.87. The average molecular weight is 586 g/mol. The Morgan fingerprint density at radius 3 is 2.24 bits per heavy atom. The summed E-state index contributed by atoms with van der Waals surface area (Å²) in [5.41, 5.74) is 10.9. The maximum Gasteiger partial charge on any atom is 0.141 e. The van der Waals surface area contributed by atoms with Gasteiger partial charge in [0, 0.05) is 33.7 Å². The van der Waals surface area contributed by atoms with E-state index in [1.54, 1.807) is 6.07 Å². The zero-order valence-electron chi connectivity index (χ0n) is 26.3. The first-order chi connectivity index (χ1) is 21.7. The van der Waals surface area contributed by atoms with Crippen LogP contribution in [0.4, 0.5) is 17.2 Å². The Balaban J connectivity index is 1.42. The summed E-state index contributed by atoms with van der Waals surface area (Å²) in [6.07, 6.45) is 1.87. The van der Waals surface area contributed by atoms with E-state index in [4.69, 9.17) is 9.97 Å². The minimum absolute atomic E-state index is 0.194. The number of anilines is 3. The molecule has 1 aliphatic rings. The second kappa shape index (κ2) is 10.9. The number of benzene rings is 4. The average Bonchev–Trinajstić information content (AvgIpc) is 3.04. The van der Waals surface area contributed by atoms with E-state index < -0.39 is 0 Å². The number of phenolic OH excluding ortho intramolecular Hbond substituents is 1. The van der Waals surface area contributed by atoms with Crippen LogP contribution in [0.15, 0.2) is 109 Å². The van der Waals surface area contributed by atoms with Crippen LogP contribution < -0.4 is 4.90 Å². The maximum absolute atomic E-state index is 10.8. The van der Waals surface area contributed by atoms with E-state index in [2.05, 4.69) is 106 Å². The number of rotatable bonds is 3. The zero-order chi connectivity index (χ0) is 31.3. The summed E-state index contributed by atoms with van der Waals surface area (Å²) in [5, 5.41) is 11.8.